The van der Waals surface area contributed by atoms with E-state index in [-0.39, 0.29) is 24.7 Å². The first-order chi connectivity index (χ1) is 8.31. The third-order valence-corrected chi connectivity index (χ3v) is 4.04. The number of aliphatic carboxylic acids is 2. The van der Waals surface area contributed by atoms with Crippen molar-refractivity contribution < 1.29 is 24.6 Å². The van der Waals surface area contributed by atoms with Crippen molar-refractivity contribution >= 4 is 30.3 Å². The zero-order valence-electron chi connectivity index (χ0n) is 10.3. The monoisotopic (exact) mass is 292 g/mol. The van der Waals surface area contributed by atoms with Crippen LogP contribution in [0.3, 0.4) is 0 Å². The molecule has 2 rings (SSSR count). The number of halogens is 1. The summed E-state index contributed by atoms with van der Waals surface area (Å²) in [7, 11) is 0. The van der Waals surface area contributed by atoms with Crippen molar-refractivity contribution in [3.8, 4) is 0 Å². The molecule has 19 heavy (non-hydrogen) atoms. The summed E-state index contributed by atoms with van der Waals surface area (Å²) < 4.78 is 0. The molecule has 2 saturated carbocycles. The van der Waals surface area contributed by atoms with Gasteiger partial charge in [0, 0.05) is 5.92 Å². The number of carboxylic acid groups (broad SMARTS) is 2. The van der Waals surface area contributed by atoms with Gasteiger partial charge in [-0.1, -0.05) is 0 Å². The Hall–Kier alpha value is -1.34. The van der Waals surface area contributed by atoms with Crippen LogP contribution in [0.5, 0.6) is 0 Å². The Kier molecular flexibility index (Phi) is 4.11. The van der Waals surface area contributed by atoms with Gasteiger partial charge in [0.05, 0.1) is 12.0 Å². The van der Waals surface area contributed by atoms with Gasteiger partial charge < -0.3 is 21.3 Å². The summed E-state index contributed by atoms with van der Waals surface area (Å²) in [5, 5.41) is 20.8. The van der Waals surface area contributed by atoms with Crippen LogP contribution in [0.2, 0.25) is 0 Å². The maximum absolute atomic E-state index is 11.6. The van der Waals surface area contributed by atoms with Crippen LogP contribution in [-0.4, -0.2) is 39.6 Å². The molecule has 108 valence electrons. The molecule has 0 aromatic heterocycles. The average molecular weight is 293 g/mol. The molecule has 5 N–H and O–H groups in total. The third kappa shape index (κ3) is 2.28. The van der Waals surface area contributed by atoms with Crippen molar-refractivity contribution in [1.82, 2.24) is 5.32 Å². The third-order valence-electron chi connectivity index (χ3n) is 4.04. The predicted octanol–water partition coefficient (Wildman–Crippen LogP) is -0.564. The molecule has 0 radical (unpaired) electrons. The lowest BCUT2D eigenvalue weighted by molar-refractivity contribution is -0.150. The number of hydrogen-bond donors (Lipinski definition) is 4. The van der Waals surface area contributed by atoms with Crippen LogP contribution < -0.4 is 11.1 Å². The van der Waals surface area contributed by atoms with Gasteiger partial charge in [-0.15, -0.1) is 12.4 Å². The molecular formula is C11H17ClN2O5. The molecular weight excluding hydrogens is 276 g/mol. The van der Waals surface area contributed by atoms with Crippen molar-refractivity contribution in [2.75, 3.05) is 0 Å². The van der Waals surface area contributed by atoms with E-state index in [1.807, 2.05) is 0 Å². The lowest BCUT2D eigenvalue weighted by Gasteiger charge is -2.29. The van der Waals surface area contributed by atoms with Gasteiger partial charge in [-0.3, -0.25) is 9.59 Å². The molecule has 5 atom stereocenters. The summed E-state index contributed by atoms with van der Waals surface area (Å²) >= 11 is 0. The number of carboxylic acids is 2. The van der Waals surface area contributed by atoms with Crippen LogP contribution in [0, 0.1) is 17.8 Å². The van der Waals surface area contributed by atoms with E-state index in [4.69, 9.17) is 10.8 Å². The fourth-order valence-corrected chi connectivity index (χ4v) is 3.09. The largest absolute Gasteiger partial charge is 0.481 e. The van der Waals surface area contributed by atoms with Gasteiger partial charge in [0.1, 0.15) is 5.54 Å². The average Bonchev–Trinajstić information content (AvgIpc) is 2.89. The van der Waals surface area contributed by atoms with Crippen molar-refractivity contribution in [2.45, 2.75) is 31.3 Å². The topological polar surface area (TPSA) is 130 Å². The molecule has 2 fully saturated rings. The Balaban J connectivity index is 0.00000180. The van der Waals surface area contributed by atoms with Gasteiger partial charge in [0.25, 0.3) is 0 Å². The quantitative estimate of drug-likeness (QED) is 0.549. The fourth-order valence-electron chi connectivity index (χ4n) is 3.09. The second kappa shape index (κ2) is 4.97. The first kappa shape index (κ1) is 15.7. The number of carbonyl (C=O) groups excluding carboxylic acids is 1. The highest BCUT2D eigenvalue weighted by atomic mass is 35.5. The predicted molar refractivity (Wildman–Crippen MR) is 66.7 cm³/mol. The summed E-state index contributed by atoms with van der Waals surface area (Å²) in [6, 6.07) is -0.817. The fraction of sp³-hybridized carbons (Fsp3) is 0.727. The molecule has 0 aromatic rings. The van der Waals surface area contributed by atoms with Crippen LogP contribution in [0.15, 0.2) is 0 Å². The molecule has 0 bridgehead atoms. The van der Waals surface area contributed by atoms with Gasteiger partial charge >= 0.3 is 11.9 Å². The van der Waals surface area contributed by atoms with E-state index in [1.54, 1.807) is 0 Å². The standard InChI is InChI=1S/C11H16N2O5.ClH/c1-4(12)8(14)13-11(10(17)18)3-2-5-6(7(5)11)9(15)16;/h4-7H,2-3,12H2,1H3,(H,13,14)(H,15,16)(H,17,18);1H/t4?,5-,6-,7-,11-;/m0./s1. The van der Waals surface area contributed by atoms with E-state index in [9.17, 15) is 19.5 Å². The summed E-state index contributed by atoms with van der Waals surface area (Å²) in [5.74, 6) is -4.06. The second-order valence-corrected chi connectivity index (χ2v) is 5.15. The minimum absolute atomic E-state index is 0. The molecule has 0 saturated heterocycles. The number of fused-ring (bicyclic) bond motifs is 1. The zero-order valence-corrected chi connectivity index (χ0v) is 11.1. The molecule has 2 aliphatic rings. The van der Waals surface area contributed by atoms with Crippen LogP contribution in [0.1, 0.15) is 19.8 Å². The first-order valence-corrected chi connectivity index (χ1v) is 5.85. The smallest absolute Gasteiger partial charge is 0.329 e. The SMILES string of the molecule is CC(N)C(=O)N[C@@]1(C(=O)O)CC[C@H]2[C@H](C(=O)O)[C@H]21.Cl. The molecule has 1 unspecified atom stereocenters. The minimum atomic E-state index is -1.46. The Morgan fingerprint density at radius 2 is 1.95 bits per heavy atom. The van der Waals surface area contributed by atoms with Crippen LogP contribution in [0.25, 0.3) is 0 Å². The van der Waals surface area contributed by atoms with Gasteiger partial charge in [0.2, 0.25) is 5.91 Å². The summed E-state index contributed by atoms with van der Waals surface area (Å²) in [6.07, 6.45) is 0.771. The van der Waals surface area contributed by atoms with Gasteiger partial charge in [-0.25, -0.2) is 4.79 Å². The summed E-state index contributed by atoms with van der Waals surface area (Å²) in [4.78, 5) is 34.0. The maximum atomic E-state index is 11.6. The number of nitrogens with two attached hydrogens (primary N) is 1. The molecule has 0 heterocycles. The number of hydrogen-bond acceptors (Lipinski definition) is 4. The van der Waals surface area contributed by atoms with Gasteiger partial charge in [-0.2, -0.15) is 0 Å². The number of amides is 1. The van der Waals surface area contributed by atoms with E-state index in [2.05, 4.69) is 5.32 Å². The Morgan fingerprint density at radius 1 is 1.37 bits per heavy atom. The van der Waals surface area contributed by atoms with E-state index in [0.717, 1.165) is 0 Å². The molecule has 7 nitrogen and oxygen atoms in total. The van der Waals surface area contributed by atoms with E-state index < -0.39 is 41.3 Å². The second-order valence-electron chi connectivity index (χ2n) is 5.15. The summed E-state index contributed by atoms with van der Waals surface area (Å²) in [6.45, 7) is 1.46. The van der Waals surface area contributed by atoms with Crippen LogP contribution >= 0.6 is 12.4 Å². The molecule has 0 spiro atoms. The lowest BCUT2D eigenvalue weighted by Crippen LogP contribution is -2.58. The minimum Gasteiger partial charge on any atom is -0.481 e. The maximum Gasteiger partial charge on any atom is 0.329 e. The van der Waals surface area contributed by atoms with E-state index >= 15 is 0 Å². The van der Waals surface area contributed by atoms with Gasteiger partial charge in [-0.05, 0) is 25.7 Å². The Labute approximate surface area is 115 Å². The molecule has 0 aromatic carbocycles. The number of carbonyl (C=O) groups is 3. The lowest BCUT2D eigenvalue weighted by atomic mass is 9.90. The van der Waals surface area contributed by atoms with E-state index in [1.165, 1.54) is 6.92 Å². The van der Waals surface area contributed by atoms with Crippen LogP contribution in [0.4, 0.5) is 0 Å². The molecule has 2 aliphatic carbocycles. The van der Waals surface area contributed by atoms with Crippen molar-refractivity contribution in [3.63, 3.8) is 0 Å². The molecule has 0 aliphatic heterocycles. The zero-order chi connectivity index (χ0) is 13.7. The highest BCUT2D eigenvalue weighted by Crippen LogP contribution is 2.62. The van der Waals surface area contributed by atoms with Crippen molar-refractivity contribution in [3.05, 3.63) is 0 Å². The van der Waals surface area contributed by atoms with Crippen LogP contribution in [-0.2, 0) is 14.4 Å². The summed E-state index contributed by atoms with van der Waals surface area (Å²) in [5.41, 5.74) is 3.95. The van der Waals surface area contributed by atoms with Gasteiger partial charge in [0.15, 0.2) is 0 Å². The van der Waals surface area contributed by atoms with Crippen molar-refractivity contribution in [1.29, 1.82) is 0 Å². The number of nitrogens with one attached hydrogen (secondary N) is 1. The highest BCUT2D eigenvalue weighted by molar-refractivity contribution is 5.92. The normalized spacial score (nSPS) is 36.6. The Morgan fingerprint density at radius 3 is 2.32 bits per heavy atom. The van der Waals surface area contributed by atoms with Crippen molar-refractivity contribution in [2.24, 2.45) is 23.5 Å². The molecule has 8 heteroatoms. The number of rotatable bonds is 4. The molecule has 1 amide bonds. The Bertz CT molecular complexity index is 427. The highest BCUT2D eigenvalue weighted by Gasteiger charge is 2.72. The first-order valence-electron chi connectivity index (χ1n) is 5.85. The van der Waals surface area contributed by atoms with E-state index in [0.29, 0.717) is 6.42 Å².